The van der Waals surface area contributed by atoms with Gasteiger partial charge in [0.2, 0.25) is 0 Å². The molecule has 0 bridgehead atoms. The second-order valence-corrected chi connectivity index (χ2v) is 6.90. The minimum absolute atomic E-state index is 0.0349. The van der Waals surface area contributed by atoms with Gasteiger partial charge in [-0.25, -0.2) is 9.50 Å². The third-order valence-corrected chi connectivity index (χ3v) is 4.56. The van der Waals surface area contributed by atoms with E-state index in [9.17, 15) is 4.79 Å². The number of benzene rings is 2. The van der Waals surface area contributed by atoms with Crippen LogP contribution in [0.3, 0.4) is 0 Å². The molecule has 2 aromatic heterocycles. The van der Waals surface area contributed by atoms with Crippen molar-refractivity contribution in [1.82, 2.24) is 19.5 Å². The molecule has 6 heteroatoms. The van der Waals surface area contributed by atoms with Gasteiger partial charge >= 0.3 is 0 Å². The van der Waals surface area contributed by atoms with E-state index in [2.05, 4.69) is 10.1 Å². The van der Waals surface area contributed by atoms with Crippen molar-refractivity contribution in [2.45, 2.75) is 0 Å². The van der Waals surface area contributed by atoms with Gasteiger partial charge in [0.15, 0.2) is 0 Å². The number of aromatic nitrogens is 3. The average molecular weight is 377 g/mol. The smallest absolute Gasteiger partial charge is 0.253 e. The average Bonchev–Trinajstić information content (AvgIpc) is 3.11. The number of fused-ring (bicyclic) bond motifs is 1. The molecule has 4 aromatic rings. The molecule has 0 unspecified atom stereocenters. The topological polar surface area (TPSA) is 50.5 Å². The van der Waals surface area contributed by atoms with E-state index in [0.717, 1.165) is 28.0 Å². The summed E-state index contributed by atoms with van der Waals surface area (Å²) in [4.78, 5) is 18.3. The lowest BCUT2D eigenvalue weighted by Gasteiger charge is -2.11. The summed E-state index contributed by atoms with van der Waals surface area (Å²) in [6.07, 6.45) is 1.69. The summed E-state index contributed by atoms with van der Waals surface area (Å²) in [6, 6.07) is 19.0. The van der Waals surface area contributed by atoms with Gasteiger partial charge in [0, 0.05) is 35.8 Å². The Bertz CT molecular complexity index is 1130. The molecule has 2 heterocycles. The molecule has 2 aromatic carbocycles. The molecule has 0 spiro atoms. The molecular formula is C21H17ClN4O. The van der Waals surface area contributed by atoms with E-state index in [-0.39, 0.29) is 5.91 Å². The molecule has 0 saturated carbocycles. The molecule has 0 aliphatic rings. The second kappa shape index (κ2) is 6.85. The fourth-order valence-corrected chi connectivity index (χ4v) is 3.02. The van der Waals surface area contributed by atoms with Crippen molar-refractivity contribution in [3.8, 4) is 22.5 Å². The summed E-state index contributed by atoms with van der Waals surface area (Å²) >= 11 is 5.96. The highest BCUT2D eigenvalue weighted by molar-refractivity contribution is 6.30. The Morgan fingerprint density at radius 3 is 2.44 bits per heavy atom. The van der Waals surface area contributed by atoms with Crippen LogP contribution in [0.1, 0.15) is 10.4 Å². The molecule has 1 amide bonds. The van der Waals surface area contributed by atoms with Crippen LogP contribution in [0.25, 0.3) is 28.0 Å². The number of halogens is 1. The zero-order valence-corrected chi connectivity index (χ0v) is 15.7. The Hall–Kier alpha value is -3.18. The van der Waals surface area contributed by atoms with Gasteiger partial charge in [-0.3, -0.25) is 4.79 Å². The maximum Gasteiger partial charge on any atom is 0.253 e. The third kappa shape index (κ3) is 3.41. The molecule has 0 N–H and O–H groups in total. The van der Waals surface area contributed by atoms with E-state index >= 15 is 0 Å². The van der Waals surface area contributed by atoms with E-state index in [1.165, 1.54) is 0 Å². The van der Waals surface area contributed by atoms with Crippen LogP contribution < -0.4 is 0 Å². The lowest BCUT2D eigenvalue weighted by Crippen LogP contribution is -2.21. The molecule has 0 saturated heterocycles. The van der Waals surface area contributed by atoms with Crippen molar-refractivity contribution in [1.29, 1.82) is 0 Å². The number of hydrogen-bond acceptors (Lipinski definition) is 3. The predicted molar refractivity (Wildman–Crippen MR) is 107 cm³/mol. The van der Waals surface area contributed by atoms with Crippen LogP contribution in [0.4, 0.5) is 0 Å². The molecule has 0 atom stereocenters. The van der Waals surface area contributed by atoms with Crippen LogP contribution in [0.15, 0.2) is 67.0 Å². The summed E-state index contributed by atoms with van der Waals surface area (Å²) in [7, 11) is 3.48. The Balaban J connectivity index is 1.73. The SMILES string of the molecule is CN(C)C(=O)c1cccc(-c2cc3cc(-c4ccc(Cl)cc4)nn3cn2)c1. The second-order valence-electron chi connectivity index (χ2n) is 6.46. The van der Waals surface area contributed by atoms with Gasteiger partial charge in [0.25, 0.3) is 5.91 Å². The molecule has 0 fully saturated rings. The van der Waals surface area contributed by atoms with E-state index in [1.54, 1.807) is 29.8 Å². The lowest BCUT2D eigenvalue weighted by molar-refractivity contribution is 0.0827. The zero-order chi connectivity index (χ0) is 19.0. The molecule has 0 aliphatic heterocycles. The Kier molecular flexibility index (Phi) is 4.38. The van der Waals surface area contributed by atoms with Gasteiger partial charge in [-0.05, 0) is 36.4 Å². The van der Waals surface area contributed by atoms with Gasteiger partial charge in [-0.1, -0.05) is 35.9 Å². The Labute approximate surface area is 161 Å². The molecule has 0 radical (unpaired) electrons. The van der Waals surface area contributed by atoms with E-state index in [1.807, 2.05) is 60.7 Å². The number of rotatable bonds is 3. The first-order chi connectivity index (χ1) is 13.0. The van der Waals surface area contributed by atoms with Crippen LogP contribution in [-0.2, 0) is 0 Å². The number of nitrogens with zero attached hydrogens (tertiary/aromatic N) is 4. The normalized spacial score (nSPS) is 10.9. The summed E-state index contributed by atoms with van der Waals surface area (Å²) in [5, 5.41) is 5.26. The number of carbonyl (C=O) groups excluding carboxylic acids is 1. The van der Waals surface area contributed by atoms with Gasteiger partial charge in [-0.15, -0.1) is 0 Å². The maximum absolute atomic E-state index is 12.2. The van der Waals surface area contributed by atoms with Gasteiger partial charge < -0.3 is 4.90 Å². The van der Waals surface area contributed by atoms with Crippen molar-refractivity contribution in [3.63, 3.8) is 0 Å². The number of hydrogen-bond donors (Lipinski definition) is 0. The van der Waals surface area contributed by atoms with Crippen LogP contribution in [0, 0.1) is 0 Å². The van der Waals surface area contributed by atoms with Crippen molar-refractivity contribution < 1.29 is 4.79 Å². The fraction of sp³-hybridized carbons (Fsp3) is 0.0952. The number of carbonyl (C=O) groups is 1. The molecule has 0 aliphatic carbocycles. The molecule has 27 heavy (non-hydrogen) atoms. The molecule has 5 nitrogen and oxygen atoms in total. The standard InChI is InChI=1S/C21H17ClN4O/c1-25(2)21(27)16-5-3-4-15(10-16)19-11-18-12-20(24-26(18)13-23-19)14-6-8-17(22)9-7-14/h3-13H,1-2H3. The molecule has 4 rings (SSSR count). The number of amides is 1. The van der Waals surface area contributed by atoms with Crippen LogP contribution >= 0.6 is 11.6 Å². The first kappa shape index (κ1) is 17.2. The monoisotopic (exact) mass is 376 g/mol. The summed E-state index contributed by atoms with van der Waals surface area (Å²) < 4.78 is 1.74. The highest BCUT2D eigenvalue weighted by atomic mass is 35.5. The van der Waals surface area contributed by atoms with Crippen LogP contribution in [0.2, 0.25) is 5.02 Å². The van der Waals surface area contributed by atoms with Crippen molar-refractivity contribution in [3.05, 3.63) is 77.6 Å². The summed E-state index contributed by atoms with van der Waals surface area (Å²) in [6.45, 7) is 0. The lowest BCUT2D eigenvalue weighted by atomic mass is 10.1. The van der Waals surface area contributed by atoms with Crippen molar-refractivity contribution >= 4 is 23.0 Å². The van der Waals surface area contributed by atoms with Gasteiger partial charge in [-0.2, -0.15) is 5.10 Å². The van der Waals surface area contributed by atoms with Crippen molar-refractivity contribution in [2.75, 3.05) is 14.1 Å². The first-order valence-corrected chi connectivity index (χ1v) is 8.82. The van der Waals surface area contributed by atoms with Gasteiger partial charge in [0.05, 0.1) is 16.9 Å². The molecule has 134 valence electrons. The maximum atomic E-state index is 12.2. The van der Waals surface area contributed by atoms with E-state index in [4.69, 9.17) is 11.6 Å². The van der Waals surface area contributed by atoms with Crippen molar-refractivity contribution in [2.24, 2.45) is 0 Å². The Morgan fingerprint density at radius 1 is 0.963 bits per heavy atom. The van der Waals surface area contributed by atoms with E-state index in [0.29, 0.717) is 10.6 Å². The first-order valence-electron chi connectivity index (χ1n) is 8.45. The van der Waals surface area contributed by atoms with Gasteiger partial charge in [0.1, 0.15) is 6.33 Å². The highest BCUT2D eigenvalue weighted by Crippen LogP contribution is 2.24. The quantitative estimate of drug-likeness (QED) is 0.532. The predicted octanol–water partition coefficient (Wildman–Crippen LogP) is 4.42. The van der Waals surface area contributed by atoms with E-state index < -0.39 is 0 Å². The zero-order valence-electron chi connectivity index (χ0n) is 14.9. The Morgan fingerprint density at radius 2 is 1.70 bits per heavy atom. The highest BCUT2D eigenvalue weighted by Gasteiger charge is 2.11. The van der Waals surface area contributed by atoms with Crippen LogP contribution in [0.5, 0.6) is 0 Å². The largest absolute Gasteiger partial charge is 0.345 e. The summed E-state index contributed by atoms with van der Waals surface area (Å²) in [5.41, 5.74) is 5.08. The van der Waals surface area contributed by atoms with Crippen LogP contribution in [-0.4, -0.2) is 39.5 Å². The fourth-order valence-electron chi connectivity index (χ4n) is 2.89. The summed E-state index contributed by atoms with van der Waals surface area (Å²) in [5.74, 6) is -0.0349. The molecular weight excluding hydrogens is 360 g/mol. The third-order valence-electron chi connectivity index (χ3n) is 4.31. The minimum Gasteiger partial charge on any atom is -0.345 e. The minimum atomic E-state index is -0.0349.